The van der Waals surface area contributed by atoms with Crippen LogP contribution >= 0.6 is 0 Å². The second kappa shape index (κ2) is 10.0. The fourth-order valence-corrected chi connectivity index (χ4v) is 6.85. The summed E-state index contributed by atoms with van der Waals surface area (Å²) in [7, 11) is 0. The average molecular weight is 433 g/mol. The number of hydrogen-bond acceptors (Lipinski definition) is 2. The van der Waals surface area contributed by atoms with Crippen molar-refractivity contribution in [3.8, 4) is 5.75 Å². The van der Waals surface area contributed by atoms with Gasteiger partial charge in [0.25, 0.3) is 0 Å². The third-order valence-corrected chi connectivity index (χ3v) is 8.68. The van der Waals surface area contributed by atoms with Crippen molar-refractivity contribution in [2.24, 2.45) is 35.5 Å². The number of halogens is 2. The van der Waals surface area contributed by atoms with E-state index in [9.17, 15) is 13.6 Å². The Bertz CT molecular complexity index is 769. The molecule has 0 N–H and O–H groups in total. The third kappa shape index (κ3) is 5.14. The minimum Gasteiger partial charge on any atom is -0.423 e. The maximum atomic E-state index is 14.0. The lowest BCUT2D eigenvalue weighted by atomic mass is 9.60. The van der Waals surface area contributed by atoms with E-state index in [1.165, 1.54) is 70.4 Å². The number of esters is 1. The Balaban J connectivity index is 1.26. The smallest absolute Gasteiger partial charge is 0.314 e. The topological polar surface area (TPSA) is 26.3 Å². The summed E-state index contributed by atoms with van der Waals surface area (Å²) < 4.78 is 33.0. The van der Waals surface area contributed by atoms with E-state index < -0.39 is 17.6 Å². The average Bonchev–Trinajstić information content (AvgIpc) is 2.79. The first kappa shape index (κ1) is 22.7. The summed E-state index contributed by atoms with van der Waals surface area (Å²) in [5.41, 5.74) is 0.214. The van der Waals surface area contributed by atoms with Gasteiger partial charge in [0.1, 0.15) is 0 Å². The van der Waals surface area contributed by atoms with E-state index >= 15 is 0 Å². The second-order valence-electron chi connectivity index (χ2n) is 10.6. The molecule has 0 saturated heterocycles. The summed E-state index contributed by atoms with van der Waals surface area (Å²) in [6.45, 7) is 3.81. The van der Waals surface area contributed by atoms with Gasteiger partial charge in [0.15, 0.2) is 11.6 Å². The van der Waals surface area contributed by atoms with Gasteiger partial charge in [-0.15, -0.1) is 0 Å². The molecule has 31 heavy (non-hydrogen) atoms. The fraction of sp³-hybridized carbons (Fsp3) is 0.741. The maximum Gasteiger partial charge on any atom is 0.314 e. The van der Waals surface area contributed by atoms with E-state index in [-0.39, 0.29) is 17.2 Å². The van der Waals surface area contributed by atoms with Crippen LogP contribution in [0.2, 0.25) is 0 Å². The van der Waals surface area contributed by atoms with Crippen molar-refractivity contribution in [2.45, 2.75) is 90.9 Å². The number of carbonyl (C=O) groups is 1. The first-order valence-electron chi connectivity index (χ1n) is 12.6. The fourth-order valence-electron chi connectivity index (χ4n) is 6.85. The van der Waals surface area contributed by atoms with Crippen LogP contribution in [0.15, 0.2) is 12.1 Å². The van der Waals surface area contributed by atoms with Gasteiger partial charge in [-0.3, -0.25) is 4.79 Å². The van der Waals surface area contributed by atoms with Crippen molar-refractivity contribution >= 4 is 5.97 Å². The van der Waals surface area contributed by atoms with E-state index in [1.54, 1.807) is 0 Å². The Hall–Kier alpha value is -1.45. The molecule has 3 aliphatic rings. The molecule has 0 heterocycles. The highest BCUT2D eigenvalue weighted by Gasteiger charge is 2.39. The van der Waals surface area contributed by atoms with Crippen molar-refractivity contribution in [3.63, 3.8) is 0 Å². The highest BCUT2D eigenvalue weighted by Crippen LogP contribution is 2.49. The van der Waals surface area contributed by atoms with Crippen LogP contribution in [0.5, 0.6) is 5.75 Å². The van der Waals surface area contributed by atoms with Crippen LogP contribution in [0.25, 0.3) is 0 Å². The Labute approximate surface area is 186 Å². The predicted octanol–water partition coefficient (Wildman–Crippen LogP) is 7.62. The van der Waals surface area contributed by atoms with Crippen LogP contribution in [0.1, 0.15) is 89.5 Å². The van der Waals surface area contributed by atoms with Crippen LogP contribution < -0.4 is 4.74 Å². The molecule has 0 amide bonds. The number of aryl methyl sites for hydroxylation is 1. The van der Waals surface area contributed by atoms with E-state index in [1.807, 2.05) is 0 Å². The molecular formula is C27H38F2O2. The summed E-state index contributed by atoms with van der Waals surface area (Å²) in [5, 5.41) is 0. The van der Waals surface area contributed by atoms with Gasteiger partial charge in [-0.1, -0.05) is 32.3 Å². The van der Waals surface area contributed by atoms with Crippen LogP contribution in [0, 0.1) is 54.1 Å². The number of benzene rings is 1. The molecule has 172 valence electrons. The standard InChI is InChI=1S/C27H38F2O2/c1-3-4-18-6-7-23-16-22(13-12-21(23)15-18)19-8-10-20(11-9-19)27(30)31-24-14-5-17(2)25(28)26(24)29/h5,14,18-23H,3-4,6-13,15-16H2,1-2H3. The Morgan fingerprint density at radius 3 is 2.19 bits per heavy atom. The van der Waals surface area contributed by atoms with E-state index in [2.05, 4.69) is 6.92 Å². The lowest BCUT2D eigenvalue weighted by Gasteiger charge is -2.45. The maximum absolute atomic E-state index is 14.0. The van der Waals surface area contributed by atoms with E-state index in [4.69, 9.17) is 4.74 Å². The molecule has 0 radical (unpaired) electrons. The number of carbonyl (C=O) groups excluding carboxylic acids is 1. The van der Waals surface area contributed by atoms with Crippen LogP contribution in [0.3, 0.4) is 0 Å². The first-order valence-corrected chi connectivity index (χ1v) is 12.6. The van der Waals surface area contributed by atoms with Gasteiger partial charge in [0.2, 0.25) is 5.82 Å². The van der Waals surface area contributed by atoms with Crippen molar-refractivity contribution in [2.75, 3.05) is 0 Å². The molecule has 3 saturated carbocycles. The summed E-state index contributed by atoms with van der Waals surface area (Å²) in [6, 6.07) is 2.80. The molecule has 3 fully saturated rings. The van der Waals surface area contributed by atoms with Crippen LogP contribution in [0.4, 0.5) is 8.78 Å². The molecule has 1 aromatic carbocycles. The zero-order chi connectivity index (χ0) is 22.0. The van der Waals surface area contributed by atoms with Gasteiger partial charge in [-0.05, 0) is 106 Å². The number of ether oxygens (including phenoxy) is 1. The van der Waals surface area contributed by atoms with Gasteiger partial charge in [0.05, 0.1) is 5.92 Å². The van der Waals surface area contributed by atoms with Gasteiger partial charge in [0, 0.05) is 0 Å². The molecular weight excluding hydrogens is 394 g/mol. The highest BCUT2D eigenvalue weighted by atomic mass is 19.2. The highest BCUT2D eigenvalue weighted by molar-refractivity contribution is 5.75. The summed E-state index contributed by atoms with van der Waals surface area (Å²) in [6.07, 6.45) is 14.9. The van der Waals surface area contributed by atoms with Gasteiger partial charge in [-0.2, -0.15) is 4.39 Å². The summed E-state index contributed by atoms with van der Waals surface area (Å²) in [4.78, 5) is 12.6. The number of hydrogen-bond donors (Lipinski definition) is 0. The molecule has 3 aliphatic carbocycles. The van der Waals surface area contributed by atoms with Gasteiger partial charge in [-0.25, -0.2) is 4.39 Å². The summed E-state index contributed by atoms with van der Waals surface area (Å²) in [5.74, 6) is 1.49. The van der Waals surface area contributed by atoms with Crippen LogP contribution in [-0.2, 0) is 4.79 Å². The molecule has 0 spiro atoms. The lowest BCUT2D eigenvalue weighted by molar-refractivity contribution is -0.140. The lowest BCUT2D eigenvalue weighted by Crippen LogP contribution is -2.35. The summed E-state index contributed by atoms with van der Waals surface area (Å²) >= 11 is 0. The van der Waals surface area contributed by atoms with Crippen molar-refractivity contribution in [1.29, 1.82) is 0 Å². The van der Waals surface area contributed by atoms with Crippen molar-refractivity contribution in [3.05, 3.63) is 29.3 Å². The molecule has 0 aromatic heterocycles. The Morgan fingerprint density at radius 2 is 1.48 bits per heavy atom. The Morgan fingerprint density at radius 1 is 0.871 bits per heavy atom. The van der Waals surface area contributed by atoms with Crippen molar-refractivity contribution in [1.82, 2.24) is 0 Å². The SMILES string of the molecule is CCCC1CCC2CC(C3CCC(C(=O)Oc4ccc(C)c(F)c4F)CC3)CCC2C1. The molecule has 4 atom stereocenters. The van der Waals surface area contributed by atoms with Gasteiger partial charge < -0.3 is 4.74 Å². The molecule has 4 heteroatoms. The first-order chi connectivity index (χ1) is 15.0. The molecule has 4 unspecified atom stereocenters. The predicted molar refractivity (Wildman–Crippen MR) is 119 cm³/mol. The zero-order valence-electron chi connectivity index (χ0n) is 19.2. The molecule has 0 aliphatic heterocycles. The normalized spacial score (nSPS) is 33.5. The minimum absolute atomic E-state index is 0.194. The second-order valence-corrected chi connectivity index (χ2v) is 10.6. The quantitative estimate of drug-likeness (QED) is 0.353. The Kier molecular flexibility index (Phi) is 7.33. The van der Waals surface area contributed by atoms with E-state index in [0.29, 0.717) is 5.92 Å². The third-order valence-electron chi connectivity index (χ3n) is 8.68. The zero-order valence-corrected chi connectivity index (χ0v) is 19.2. The van der Waals surface area contributed by atoms with Crippen LogP contribution in [-0.4, -0.2) is 5.97 Å². The van der Waals surface area contributed by atoms with Crippen molar-refractivity contribution < 1.29 is 18.3 Å². The molecule has 4 rings (SSSR count). The molecule has 1 aromatic rings. The van der Waals surface area contributed by atoms with E-state index in [0.717, 1.165) is 49.4 Å². The largest absolute Gasteiger partial charge is 0.423 e. The minimum atomic E-state index is -1.06. The monoisotopic (exact) mass is 432 g/mol. The number of rotatable bonds is 5. The number of fused-ring (bicyclic) bond motifs is 1. The van der Waals surface area contributed by atoms with Gasteiger partial charge >= 0.3 is 5.97 Å². The molecule has 2 nitrogen and oxygen atoms in total. The molecule has 0 bridgehead atoms.